The summed E-state index contributed by atoms with van der Waals surface area (Å²) in [7, 11) is 0. The van der Waals surface area contributed by atoms with Gasteiger partial charge in [-0.1, -0.05) is 30.3 Å². The Morgan fingerprint density at radius 1 is 1.15 bits per heavy atom. The van der Waals surface area contributed by atoms with Gasteiger partial charge in [0, 0.05) is 22.1 Å². The minimum atomic E-state index is -1.84. The molecule has 1 atom stereocenters. The average Bonchev–Trinajstić information content (AvgIpc) is 3.27. The number of benzene rings is 1. The highest BCUT2D eigenvalue weighted by Gasteiger charge is 2.53. The van der Waals surface area contributed by atoms with Gasteiger partial charge in [-0.15, -0.1) is 0 Å². The van der Waals surface area contributed by atoms with Gasteiger partial charge in [-0.3, -0.25) is 4.79 Å². The van der Waals surface area contributed by atoms with Crippen molar-refractivity contribution in [3.05, 3.63) is 62.9 Å². The van der Waals surface area contributed by atoms with Crippen LogP contribution >= 0.6 is 0 Å². The van der Waals surface area contributed by atoms with Crippen LogP contribution in [0.5, 0.6) is 0 Å². The van der Waals surface area contributed by atoms with Gasteiger partial charge in [-0.25, -0.2) is 9.78 Å². The Hall–Kier alpha value is -3.52. The van der Waals surface area contributed by atoms with Crippen molar-refractivity contribution in [1.82, 2.24) is 9.55 Å². The first-order valence-electron chi connectivity index (χ1n) is 14.2. The SMILES string of the molecule is CC[C@@]1(O)C(=O)OCc2c1cc1n(c2=O)Cc2cc3cccc(/C=N/OC45CC6CC(CC(C6)C4)C5)c3nc2-1. The number of aromatic nitrogens is 2. The van der Waals surface area contributed by atoms with Crippen molar-refractivity contribution in [2.24, 2.45) is 22.9 Å². The smallest absolute Gasteiger partial charge is 0.343 e. The van der Waals surface area contributed by atoms with Crippen LogP contribution in [0.1, 0.15) is 74.1 Å². The number of carbonyl (C=O) groups is 1. The molecule has 1 N–H and O–H groups in total. The largest absolute Gasteiger partial charge is 0.458 e. The van der Waals surface area contributed by atoms with Gasteiger partial charge in [0.2, 0.25) is 0 Å². The van der Waals surface area contributed by atoms with E-state index in [9.17, 15) is 14.7 Å². The summed E-state index contributed by atoms with van der Waals surface area (Å²) in [4.78, 5) is 37.2. The van der Waals surface area contributed by atoms with Crippen LogP contribution in [0.4, 0.5) is 0 Å². The zero-order valence-electron chi connectivity index (χ0n) is 22.0. The number of esters is 1. The number of hydrogen-bond donors (Lipinski definition) is 1. The third-order valence-electron chi connectivity index (χ3n) is 9.99. The fourth-order valence-corrected chi connectivity index (χ4v) is 8.47. The minimum absolute atomic E-state index is 0.110. The predicted molar refractivity (Wildman–Crippen MR) is 144 cm³/mol. The zero-order chi connectivity index (χ0) is 26.5. The molecule has 6 aliphatic rings. The first-order chi connectivity index (χ1) is 18.9. The molecule has 1 aromatic carbocycles. The molecule has 9 rings (SSSR count). The Kier molecular flexibility index (Phi) is 4.80. The van der Waals surface area contributed by atoms with E-state index in [1.807, 2.05) is 18.2 Å². The first-order valence-corrected chi connectivity index (χ1v) is 14.2. The quantitative estimate of drug-likeness (QED) is 0.241. The predicted octanol–water partition coefficient (Wildman–Crippen LogP) is 4.40. The molecule has 4 fully saturated rings. The lowest BCUT2D eigenvalue weighted by Gasteiger charge is -2.54. The molecule has 8 nitrogen and oxygen atoms in total. The van der Waals surface area contributed by atoms with Gasteiger partial charge in [0.25, 0.3) is 5.56 Å². The molecule has 0 amide bonds. The van der Waals surface area contributed by atoms with E-state index in [1.54, 1.807) is 23.8 Å². The Balaban J connectivity index is 1.18. The van der Waals surface area contributed by atoms with Gasteiger partial charge in [0.15, 0.2) is 5.60 Å². The third kappa shape index (κ3) is 3.33. The van der Waals surface area contributed by atoms with E-state index in [0.29, 0.717) is 29.1 Å². The van der Waals surface area contributed by atoms with E-state index < -0.39 is 11.6 Å². The van der Waals surface area contributed by atoms with Gasteiger partial charge in [-0.2, -0.15) is 0 Å². The number of carbonyl (C=O) groups excluding carboxylic acids is 1. The molecule has 0 unspecified atom stereocenters. The maximum absolute atomic E-state index is 13.4. The van der Waals surface area contributed by atoms with Crippen molar-refractivity contribution in [1.29, 1.82) is 0 Å². The second-order valence-electron chi connectivity index (χ2n) is 12.4. The molecule has 200 valence electrons. The zero-order valence-corrected chi connectivity index (χ0v) is 22.0. The molecule has 2 aliphatic heterocycles. The summed E-state index contributed by atoms with van der Waals surface area (Å²) in [6.45, 7) is 1.95. The van der Waals surface area contributed by atoms with Crippen LogP contribution in [0, 0.1) is 17.8 Å². The van der Waals surface area contributed by atoms with Gasteiger partial charge < -0.3 is 19.2 Å². The second-order valence-corrected chi connectivity index (χ2v) is 12.4. The highest BCUT2D eigenvalue weighted by atomic mass is 16.6. The topological polar surface area (TPSA) is 103 Å². The summed E-state index contributed by atoms with van der Waals surface area (Å²) in [6, 6.07) is 9.79. The van der Waals surface area contributed by atoms with Gasteiger partial charge in [0.1, 0.15) is 12.2 Å². The van der Waals surface area contributed by atoms with E-state index in [1.165, 1.54) is 19.3 Å². The van der Waals surface area contributed by atoms with Crippen molar-refractivity contribution in [2.45, 2.75) is 76.2 Å². The van der Waals surface area contributed by atoms with E-state index in [0.717, 1.165) is 59.0 Å². The molecule has 0 spiro atoms. The number of para-hydroxylation sites is 1. The molecule has 8 heteroatoms. The summed E-state index contributed by atoms with van der Waals surface area (Å²) in [6.07, 6.45) is 9.31. The van der Waals surface area contributed by atoms with Crippen LogP contribution in [-0.4, -0.2) is 32.4 Å². The van der Waals surface area contributed by atoms with Crippen molar-refractivity contribution in [3.8, 4) is 11.4 Å². The number of aliphatic hydroxyl groups is 1. The van der Waals surface area contributed by atoms with Gasteiger partial charge >= 0.3 is 5.97 Å². The molecular formula is C31H31N3O5. The van der Waals surface area contributed by atoms with Gasteiger partial charge in [0.05, 0.1) is 35.2 Å². The number of cyclic esters (lactones) is 1. The Labute approximate surface area is 225 Å². The molecule has 4 heterocycles. The number of hydrogen-bond acceptors (Lipinski definition) is 7. The molecular weight excluding hydrogens is 494 g/mol. The second kappa shape index (κ2) is 8.01. The lowest BCUT2D eigenvalue weighted by Crippen LogP contribution is -2.51. The van der Waals surface area contributed by atoms with Crippen molar-refractivity contribution >= 4 is 23.1 Å². The Bertz CT molecular complexity index is 1620. The molecule has 39 heavy (non-hydrogen) atoms. The van der Waals surface area contributed by atoms with Crippen LogP contribution in [0.2, 0.25) is 0 Å². The van der Waals surface area contributed by atoms with Crippen molar-refractivity contribution in [2.75, 3.05) is 0 Å². The Morgan fingerprint density at radius 2 is 1.90 bits per heavy atom. The lowest BCUT2D eigenvalue weighted by atomic mass is 9.54. The van der Waals surface area contributed by atoms with Crippen LogP contribution in [0.25, 0.3) is 22.3 Å². The highest BCUT2D eigenvalue weighted by Crippen LogP contribution is 2.57. The van der Waals surface area contributed by atoms with Crippen molar-refractivity contribution < 1.29 is 19.5 Å². The molecule has 4 bridgehead atoms. The van der Waals surface area contributed by atoms with E-state index in [4.69, 9.17) is 14.6 Å². The number of ether oxygens (including phenoxy) is 1. The number of pyridine rings is 2. The monoisotopic (exact) mass is 525 g/mol. The lowest BCUT2D eigenvalue weighted by molar-refractivity contribution is -0.172. The number of oxime groups is 1. The molecule has 0 saturated heterocycles. The summed E-state index contributed by atoms with van der Waals surface area (Å²) in [5, 5.41) is 16.6. The summed E-state index contributed by atoms with van der Waals surface area (Å²) >= 11 is 0. The number of rotatable bonds is 4. The Morgan fingerprint density at radius 3 is 2.62 bits per heavy atom. The van der Waals surface area contributed by atoms with Crippen molar-refractivity contribution in [3.63, 3.8) is 0 Å². The van der Waals surface area contributed by atoms with E-state index in [-0.39, 0.29) is 24.2 Å². The highest BCUT2D eigenvalue weighted by molar-refractivity contribution is 5.98. The third-order valence-corrected chi connectivity index (χ3v) is 9.99. The fraction of sp³-hybridized carbons (Fsp3) is 0.484. The maximum atomic E-state index is 13.4. The van der Waals surface area contributed by atoms with E-state index >= 15 is 0 Å². The first kappa shape index (κ1) is 23.4. The van der Waals surface area contributed by atoms with Crippen LogP contribution in [0.15, 0.2) is 40.3 Å². The molecule has 3 aromatic rings. The maximum Gasteiger partial charge on any atom is 0.343 e. The number of nitrogens with zero attached hydrogens (tertiary/aromatic N) is 3. The molecule has 4 saturated carbocycles. The number of fused-ring (bicyclic) bond motifs is 5. The van der Waals surface area contributed by atoms with E-state index in [2.05, 4.69) is 11.2 Å². The van der Waals surface area contributed by atoms with Crippen LogP contribution in [-0.2, 0) is 33.1 Å². The molecule has 0 radical (unpaired) electrons. The summed E-state index contributed by atoms with van der Waals surface area (Å²) < 4.78 is 6.84. The molecule has 4 aliphatic carbocycles. The minimum Gasteiger partial charge on any atom is -0.458 e. The fourth-order valence-electron chi connectivity index (χ4n) is 8.47. The average molecular weight is 526 g/mol. The normalized spacial score (nSPS) is 31.8. The van der Waals surface area contributed by atoms with Crippen LogP contribution in [0.3, 0.4) is 0 Å². The summed E-state index contributed by atoms with van der Waals surface area (Å²) in [5.74, 6) is 1.64. The standard InChI is InChI=1S/C31H31N3O5/c1-2-31(37)24-10-25-27-22(15-34(25)28(35)23(24)16-38-29(31)36)9-20-4-3-5-21(26(20)33-27)14-32-39-30-11-17-6-18(12-30)8-19(7-17)13-30/h3-5,9-10,14,17-19,37H,2,6-8,11-13,15-16H2,1H3/b32-14+/t17?,18?,19?,30?,31-/m0/s1. The molecule has 2 aromatic heterocycles. The van der Waals surface area contributed by atoms with Gasteiger partial charge in [-0.05, 0) is 74.8 Å². The van der Waals surface area contributed by atoms with Crippen LogP contribution < -0.4 is 5.56 Å². The summed E-state index contributed by atoms with van der Waals surface area (Å²) in [5.41, 5.74) is 2.29.